The Morgan fingerprint density at radius 2 is 1.46 bits per heavy atom. The Hall–Kier alpha value is -6.73. The van der Waals surface area contributed by atoms with E-state index in [2.05, 4.69) is 4.98 Å². The number of benzene rings is 4. The van der Waals surface area contributed by atoms with Gasteiger partial charge in [0.25, 0.3) is 11.1 Å². The number of aryl methyl sites for hydroxylation is 2. The maximum atomic E-state index is 14.9. The number of methoxy groups -OCH3 is 1. The number of oxazole rings is 2. The molecule has 2 N–H and O–H groups in total. The van der Waals surface area contributed by atoms with Gasteiger partial charge in [-0.2, -0.15) is 17.7 Å². The number of aromatic nitrogens is 6. The Kier molecular flexibility index (Phi) is 10.3. The molecular formula is C50H36Cl2F3N6O7S2+. The van der Waals surface area contributed by atoms with Gasteiger partial charge in [0, 0.05) is 33.3 Å². The van der Waals surface area contributed by atoms with Crippen LogP contribution in [0.1, 0.15) is 76.5 Å². The second-order valence-electron chi connectivity index (χ2n) is 17.8. The summed E-state index contributed by atoms with van der Waals surface area (Å²) < 4.78 is 66.7. The van der Waals surface area contributed by atoms with E-state index in [0.717, 1.165) is 52.7 Å². The molecule has 0 saturated heterocycles. The van der Waals surface area contributed by atoms with E-state index in [0.29, 0.717) is 75.9 Å². The predicted octanol–water partition coefficient (Wildman–Crippen LogP) is 11.8. The van der Waals surface area contributed by atoms with Crippen molar-refractivity contribution in [3.05, 3.63) is 144 Å². The molecule has 2 unspecified atom stereocenters. The first-order valence-electron chi connectivity index (χ1n) is 22.0. The first-order chi connectivity index (χ1) is 33.6. The van der Waals surface area contributed by atoms with Crippen molar-refractivity contribution in [3.63, 3.8) is 0 Å². The molecule has 2 atom stereocenters. The molecule has 13 nitrogen and oxygen atoms in total. The van der Waals surface area contributed by atoms with Gasteiger partial charge in [0.05, 0.1) is 63.1 Å². The number of hydrogen-bond acceptors (Lipinski definition) is 12. The highest BCUT2D eigenvalue weighted by atomic mass is 35.5. The van der Waals surface area contributed by atoms with E-state index >= 15 is 0 Å². The molecule has 0 amide bonds. The largest absolute Gasteiger partial charge is 0.506 e. The zero-order valence-electron chi connectivity index (χ0n) is 37.0. The zero-order chi connectivity index (χ0) is 48.7. The summed E-state index contributed by atoms with van der Waals surface area (Å²) in [6, 6.07) is 12.7. The van der Waals surface area contributed by atoms with Gasteiger partial charge in [-0.1, -0.05) is 47.5 Å². The average molecular weight is 1020 g/mol. The number of hydrogen-bond donors (Lipinski definition) is 2. The summed E-state index contributed by atoms with van der Waals surface area (Å²) in [6.07, 6.45) is 3.47. The molecule has 354 valence electrons. The van der Waals surface area contributed by atoms with Gasteiger partial charge < -0.3 is 23.8 Å². The van der Waals surface area contributed by atoms with Gasteiger partial charge in [0.2, 0.25) is 6.20 Å². The van der Waals surface area contributed by atoms with Crippen LogP contribution in [0.3, 0.4) is 0 Å². The van der Waals surface area contributed by atoms with Gasteiger partial charge in [-0.25, -0.2) is 15.0 Å². The lowest BCUT2D eigenvalue weighted by atomic mass is 9.97. The van der Waals surface area contributed by atoms with Crippen LogP contribution in [0.15, 0.2) is 92.1 Å². The van der Waals surface area contributed by atoms with E-state index in [1.807, 2.05) is 17.6 Å². The fourth-order valence-corrected chi connectivity index (χ4v) is 12.2. The highest BCUT2D eigenvalue weighted by molar-refractivity contribution is 7.26. The monoisotopic (exact) mass is 1020 g/mol. The van der Waals surface area contributed by atoms with E-state index in [-0.39, 0.29) is 80.4 Å². The summed E-state index contributed by atoms with van der Waals surface area (Å²) >= 11 is 15.4. The lowest BCUT2D eigenvalue weighted by Gasteiger charge is -2.19. The lowest BCUT2D eigenvalue weighted by molar-refractivity contribution is -0.704. The summed E-state index contributed by atoms with van der Waals surface area (Å²) in [6.45, 7) is 3.44. The van der Waals surface area contributed by atoms with Crippen LogP contribution in [0.5, 0.6) is 17.2 Å². The predicted molar refractivity (Wildman–Crippen MR) is 260 cm³/mol. The number of halogens is 5. The standard InChI is InChI=1S/C50H35Cl2F3N6O7S2/c1-21-4-7-26-38-46(69-42(26)40(21)62)57-44(31-11-33(50(53,54)55)37(66-3)14-28(31)23-5-6-23)61(49(38)65)18-25-16-59(20-68-25)36-13-30(36)29-10-22(2)35(52)12-32(29)45-58-47-39(27-8-9-34(51)41(63)43(27)70-47)48(64)60(45)17-24-15-56-19-67-24/h4,7-12,14-16,19-20,23,30,36H,5-6,13,17-18H2,1-3H3,(H-,62,63)/p+1. The van der Waals surface area contributed by atoms with Gasteiger partial charge in [0.15, 0.2) is 23.9 Å². The van der Waals surface area contributed by atoms with Gasteiger partial charge in [0.1, 0.15) is 38.6 Å². The smallest absolute Gasteiger partial charge is 0.419 e. The van der Waals surface area contributed by atoms with Crippen LogP contribution in [0.25, 0.3) is 63.4 Å². The third-order valence-electron chi connectivity index (χ3n) is 13.4. The maximum absolute atomic E-state index is 14.9. The molecule has 2 fully saturated rings. The van der Waals surface area contributed by atoms with Crippen molar-refractivity contribution in [2.75, 3.05) is 7.11 Å². The molecule has 10 aromatic rings. The number of ether oxygens (including phenoxy) is 1. The molecule has 4 aromatic carbocycles. The number of alkyl halides is 3. The van der Waals surface area contributed by atoms with Crippen LogP contribution in [-0.4, -0.2) is 41.4 Å². The molecule has 2 aliphatic rings. The molecular weight excluding hydrogens is 989 g/mol. The van der Waals surface area contributed by atoms with Crippen molar-refractivity contribution < 1.29 is 41.5 Å². The van der Waals surface area contributed by atoms with E-state index in [1.165, 1.54) is 41.0 Å². The molecule has 12 rings (SSSR count). The second-order valence-corrected chi connectivity index (χ2v) is 20.7. The first kappa shape index (κ1) is 44.5. The van der Waals surface area contributed by atoms with E-state index < -0.39 is 17.3 Å². The summed E-state index contributed by atoms with van der Waals surface area (Å²) in [7, 11) is 1.20. The van der Waals surface area contributed by atoms with Crippen molar-refractivity contribution in [2.45, 2.75) is 70.3 Å². The quantitative estimate of drug-likeness (QED) is 0.126. The molecule has 70 heavy (non-hydrogen) atoms. The van der Waals surface area contributed by atoms with Crippen LogP contribution in [0.2, 0.25) is 10.0 Å². The zero-order valence-corrected chi connectivity index (χ0v) is 40.2. The van der Waals surface area contributed by atoms with Crippen molar-refractivity contribution in [1.29, 1.82) is 0 Å². The number of phenols is 2. The van der Waals surface area contributed by atoms with E-state index in [9.17, 15) is 33.0 Å². The number of fused-ring (bicyclic) bond motifs is 6. The Morgan fingerprint density at radius 3 is 2.09 bits per heavy atom. The normalized spacial score (nSPS) is 16.1. The number of nitrogens with zero attached hydrogens (tertiary/aromatic N) is 6. The summed E-state index contributed by atoms with van der Waals surface area (Å²) in [4.78, 5) is 44.3. The number of aromatic hydroxyl groups is 2. The number of thiophene rings is 2. The number of phenolic OH excluding ortho intramolecular Hbond substituents is 2. The fourth-order valence-electron chi connectivity index (χ4n) is 9.59. The third kappa shape index (κ3) is 7.16. The molecule has 0 spiro atoms. The summed E-state index contributed by atoms with van der Waals surface area (Å²) in [5.74, 6) is 0.435. The Bertz CT molecular complexity index is 3970. The van der Waals surface area contributed by atoms with Crippen molar-refractivity contribution in [3.8, 4) is 40.0 Å². The highest BCUT2D eigenvalue weighted by Crippen LogP contribution is 2.53. The van der Waals surface area contributed by atoms with Crippen molar-refractivity contribution >= 4 is 86.5 Å². The molecule has 2 aliphatic carbocycles. The molecule has 6 aromatic heterocycles. The fraction of sp³-hybridized carbons (Fsp3) is 0.240. The number of rotatable bonds is 10. The van der Waals surface area contributed by atoms with Gasteiger partial charge in [-0.3, -0.25) is 18.7 Å². The molecule has 6 heterocycles. The van der Waals surface area contributed by atoms with Gasteiger partial charge >= 0.3 is 12.6 Å². The SMILES string of the molecule is COc1cc(C2CC2)c(-c2nc3sc4c(O)c(C)ccc4c3c(=O)n2Cc2c[n+](C3CC3c3cc(C)c(Cl)cc3-c3nc4sc5c(O)c(Cl)ccc5c4c(=O)n3Cc3cnco3)co2)cc1C(F)(F)F. The summed E-state index contributed by atoms with van der Waals surface area (Å²) in [5, 5.41) is 24.1. The van der Waals surface area contributed by atoms with Crippen LogP contribution in [0, 0.1) is 13.8 Å². The topological polar surface area (TPSA) is 163 Å². The average Bonchev–Trinajstić information content (AvgIpc) is 4.10. The Labute approximate surface area is 411 Å². The van der Waals surface area contributed by atoms with Crippen molar-refractivity contribution in [2.24, 2.45) is 0 Å². The minimum absolute atomic E-state index is 0.000694. The lowest BCUT2D eigenvalue weighted by Crippen LogP contribution is -2.30. The molecule has 0 bridgehead atoms. The maximum Gasteiger partial charge on any atom is 0.419 e. The van der Waals surface area contributed by atoms with Crippen molar-refractivity contribution in [1.82, 2.24) is 24.1 Å². The third-order valence-corrected chi connectivity index (χ3v) is 16.3. The van der Waals surface area contributed by atoms with Crippen LogP contribution in [0.4, 0.5) is 13.2 Å². The minimum atomic E-state index is -4.77. The van der Waals surface area contributed by atoms with Gasteiger partial charge in [-0.05, 0) is 79.1 Å². The van der Waals surface area contributed by atoms with Gasteiger partial charge in [-0.15, -0.1) is 22.7 Å². The molecule has 0 aliphatic heterocycles. The summed E-state index contributed by atoms with van der Waals surface area (Å²) in [5.41, 5.74) is 1.73. The van der Waals surface area contributed by atoms with E-state index in [1.54, 1.807) is 43.8 Å². The molecule has 2 saturated carbocycles. The van der Waals surface area contributed by atoms with E-state index in [4.69, 9.17) is 46.7 Å². The highest BCUT2D eigenvalue weighted by Gasteiger charge is 2.49. The van der Waals surface area contributed by atoms with Crippen LogP contribution in [-0.2, 0) is 19.3 Å². The Balaban J connectivity index is 0.964. The second kappa shape index (κ2) is 16.2. The molecule has 0 radical (unpaired) electrons. The Morgan fingerprint density at radius 1 is 0.814 bits per heavy atom. The first-order valence-corrected chi connectivity index (χ1v) is 24.4. The minimum Gasteiger partial charge on any atom is -0.506 e. The van der Waals surface area contributed by atoms with Crippen LogP contribution >= 0.6 is 45.9 Å². The van der Waals surface area contributed by atoms with Crippen LogP contribution < -0.4 is 20.4 Å². The molecule has 20 heteroatoms.